The van der Waals surface area contributed by atoms with Crippen LogP contribution in [0, 0.1) is 11.8 Å². The lowest BCUT2D eigenvalue weighted by atomic mass is 9.71. The van der Waals surface area contributed by atoms with Gasteiger partial charge >= 0.3 is 0 Å². The molecule has 0 aromatic carbocycles. The molecule has 2 unspecified atom stereocenters. The van der Waals surface area contributed by atoms with Crippen LogP contribution in [0.5, 0.6) is 5.75 Å². The third kappa shape index (κ3) is 3.11. The molecule has 19 heavy (non-hydrogen) atoms. The van der Waals surface area contributed by atoms with E-state index in [1.807, 2.05) is 6.20 Å². The van der Waals surface area contributed by atoms with Crippen molar-refractivity contribution in [1.82, 2.24) is 15.1 Å². The van der Waals surface area contributed by atoms with E-state index in [1.165, 1.54) is 18.5 Å². The summed E-state index contributed by atoms with van der Waals surface area (Å²) in [5.74, 6) is 3.02. The van der Waals surface area contributed by atoms with Crippen LogP contribution in [-0.2, 0) is 6.54 Å². The van der Waals surface area contributed by atoms with Gasteiger partial charge in [0.2, 0.25) is 0 Å². The molecule has 0 saturated heterocycles. The number of methoxy groups -OCH3 is 1. The van der Waals surface area contributed by atoms with Gasteiger partial charge in [-0.15, -0.1) is 0 Å². The lowest BCUT2D eigenvalue weighted by Crippen LogP contribution is -2.36. The van der Waals surface area contributed by atoms with Gasteiger partial charge in [-0.05, 0) is 44.7 Å². The monoisotopic (exact) mass is 265 g/mol. The predicted molar refractivity (Wildman–Crippen MR) is 77.6 cm³/mol. The minimum absolute atomic E-state index is 0.608. The smallest absolute Gasteiger partial charge is 0.160 e. The van der Waals surface area contributed by atoms with Crippen LogP contribution in [0.15, 0.2) is 6.20 Å². The third-order valence-electron chi connectivity index (χ3n) is 4.09. The second-order valence-corrected chi connectivity index (χ2v) is 5.91. The van der Waals surface area contributed by atoms with Crippen LogP contribution < -0.4 is 10.1 Å². The zero-order valence-electron chi connectivity index (χ0n) is 12.6. The van der Waals surface area contributed by atoms with E-state index in [0.717, 1.165) is 31.3 Å². The van der Waals surface area contributed by atoms with Gasteiger partial charge in [-0.3, -0.25) is 4.68 Å². The summed E-state index contributed by atoms with van der Waals surface area (Å²) in [6.07, 6.45) is 4.43. The van der Waals surface area contributed by atoms with Gasteiger partial charge < -0.3 is 10.1 Å². The number of ether oxygens (including phenoxy) is 1. The van der Waals surface area contributed by atoms with Crippen LogP contribution in [0.3, 0.4) is 0 Å². The maximum atomic E-state index is 5.47. The zero-order valence-corrected chi connectivity index (χ0v) is 12.6. The van der Waals surface area contributed by atoms with E-state index >= 15 is 0 Å². The Labute approximate surface area is 116 Å². The van der Waals surface area contributed by atoms with Crippen LogP contribution in [0.2, 0.25) is 0 Å². The Balaban J connectivity index is 1.99. The van der Waals surface area contributed by atoms with Gasteiger partial charge in [0.1, 0.15) is 0 Å². The quantitative estimate of drug-likeness (QED) is 0.824. The van der Waals surface area contributed by atoms with Crippen LogP contribution in [-0.4, -0.2) is 30.0 Å². The Morgan fingerprint density at radius 3 is 2.79 bits per heavy atom. The van der Waals surface area contributed by atoms with Gasteiger partial charge in [0.25, 0.3) is 0 Å². The number of nitrogens with zero attached hydrogens (tertiary/aromatic N) is 2. The molecule has 0 bridgehead atoms. The molecule has 0 spiro atoms. The maximum Gasteiger partial charge on any atom is 0.160 e. The summed E-state index contributed by atoms with van der Waals surface area (Å²) in [7, 11) is 1.74. The summed E-state index contributed by atoms with van der Waals surface area (Å²) in [4.78, 5) is 0. The molecule has 0 amide bonds. The molecule has 4 nitrogen and oxygen atoms in total. The molecule has 0 radical (unpaired) electrons. The lowest BCUT2D eigenvalue weighted by molar-refractivity contribution is 0.226. The van der Waals surface area contributed by atoms with E-state index in [4.69, 9.17) is 4.74 Å². The molecule has 1 saturated carbocycles. The first-order valence-electron chi connectivity index (χ1n) is 7.47. The van der Waals surface area contributed by atoms with Crippen molar-refractivity contribution in [2.75, 3.05) is 20.2 Å². The summed E-state index contributed by atoms with van der Waals surface area (Å²) in [6.45, 7) is 9.77. The highest BCUT2D eigenvalue weighted by Crippen LogP contribution is 2.45. The summed E-state index contributed by atoms with van der Waals surface area (Å²) in [5, 5.41) is 8.01. The normalized spacial score (nSPS) is 22.6. The van der Waals surface area contributed by atoms with Crippen molar-refractivity contribution in [3.8, 4) is 5.75 Å². The molecule has 108 valence electrons. The molecular weight excluding hydrogens is 238 g/mol. The molecule has 1 aromatic rings. The second-order valence-electron chi connectivity index (χ2n) is 5.91. The van der Waals surface area contributed by atoms with E-state index in [1.54, 1.807) is 7.11 Å². The van der Waals surface area contributed by atoms with Crippen molar-refractivity contribution < 1.29 is 4.74 Å². The fourth-order valence-electron chi connectivity index (χ4n) is 2.89. The molecule has 1 heterocycles. The average molecular weight is 265 g/mol. The first-order chi connectivity index (χ1) is 9.17. The average Bonchev–Trinajstić information content (AvgIpc) is 2.75. The Morgan fingerprint density at radius 1 is 1.47 bits per heavy atom. The van der Waals surface area contributed by atoms with Gasteiger partial charge in [-0.2, -0.15) is 5.10 Å². The molecule has 4 heteroatoms. The molecule has 1 fully saturated rings. The van der Waals surface area contributed by atoms with E-state index in [2.05, 4.69) is 35.9 Å². The predicted octanol–water partition coefficient (Wildman–Crippen LogP) is 2.65. The highest BCUT2D eigenvalue weighted by molar-refractivity contribution is 5.31. The van der Waals surface area contributed by atoms with Crippen molar-refractivity contribution in [1.29, 1.82) is 0 Å². The second kappa shape index (κ2) is 6.42. The molecule has 1 N–H and O–H groups in total. The van der Waals surface area contributed by atoms with Crippen LogP contribution in [0.4, 0.5) is 0 Å². The van der Waals surface area contributed by atoms with Gasteiger partial charge in [-0.1, -0.05) is 13.8 Å². The topological polar surface area (TPSA) is 39.1 Å². The molecule has 2 atom stereocenters. The van der Waals surface area contributed by atoms with Crippen LogP contribution in [0.1, 0.15) is 45.2 Å². The van der Waals surface area contributed by atoms with Crippen molar-refractivity contribution in [2.45, 2.75) is 46.1 Å². The minimum Gasteiger partial charge on any atom is -0.493 e. The fourth-order valence-corrected chi connectivity index (χ4v) is 2.89. The van der Waals surface area contributed by atoms with E-state index in [-0.39, 0.29) is 0 Å². The van der Waals surface area contributed by atoms with Crippen molar-refractivity contribution >= 4 is 0 Å². The number of nitrogens with one attached hydrogen (secondary N) is 1. The van der Waals surface area contributed by atoms with E-state index in [9.17, 15) is 0 Å². The molecule has 1 aromatic heterocycles. The Bertz CT molecular complexity index is 379. The highest BCUT2D eigenvalue weighted by Gasteiger charge is 2.36. The van der Waals surface area contributed by atoms with Crippen LogP contribution in [0.25, 0.3) is 0 Å². The SMILES string of the molecule is CCn1ncc(OC)c1C1CCC1CNCC(C)C. The summed E-state index contributed by atoms with van der Waals surface area (Å²) in [6, 6.07) is 0. The number of hydrogen-bond acceptors (Lipinski definition) is 3. The van der Waals surface area contributed by atoms with Crippen LogP contribution >= 0.6 is 0 Å². The number of aromatic nitrogens is 2. The molecule has 1 aliphatic carbocycles. The third-order valence-corrected chi connectivity index (χ3v) is 4.09. The standard InChI is InChI=1S/C15H27N3O/c1-5-18-15(14(19-4)10-17-18)13-7-6-12(13)9-16-8-11(2)3/h10-13,16H,5-9H2,1-4H3. The zero-order chi connectivity index (χ0) is 13.8. The lowest BCUT2D eigenvalue weighted by Gasteiger charge is -2.37. The number of rotatable bonds is 7. The Kier molecular flexibility index (Phi) is 4.86. The fraction of sp³-hybridized carbons (Fsp3) is 0.800. The molecule has 0 aliphatic heterocycles. The first kappa shape index (κ1) is 14.4. The van der Waals surface area contributed by atoms with Gasteiger partial charge in [0, 0.05) is 12.5 Å². The Hall–Kier alpha value is -1.03. The summed E-state index contributed by atoms with van der Waals surface area (Å²) >= 11 is 0. The Morgan fingerprint density at radius 2 is 2.26 bits per heavy atom. The minimum atomic E-state index is 0.608. The molecule has 2 rings (SSSR count). The van der Waals surface area contributed by atoms with Gasteiger partial charge in [0.15, 0.2) is 5.75 Å². The summed E-state index contributed by atoms with van der Waals surface area (Å²) < 4.78 is 7.57. The molecule has 1 aliphatic rings. The van der Waals surface area contributed by atoms with E-state index in [0.29, 0.717) is 11.8 Å². The summed E-state index contributed by atoms with van der Waals surface area (Å²) in [5.41, 5.74) is 1.30. The van der Waals surface area contributed by atoms with Crippen molar-refractivity contribution in [3.63, 3.8) is 0 Å². The first-order valence-corrected chi connectivity index (χ1v) is 7.47. The molecular formula is C15H27N3O. The number of aryl methyl sites for hydroxylation is 1. The van der Waals surface area contributed by atoms with Gasteiger partial charge in [0.05, 0.1) is 19.0 Å². The maximum absolute atomic E-state index is 5.47. The van der Waals surface area contributed by atoms with Gasteiger partial charge in [-0.25, -0.2) is 0 Å². The van der Waals surface area contributed by atoms with Crippen molar-refractivity contribution in [3.05, 3.63) is 11.9 Å². The highest BCUT2D eigenvalue weighted by atomic mass is 16.5. The number of hydrogen-bond donors (Lipinski definition) is 1. The van der Waals surface area contributed by atoms with E-state index < -0.39 is 0 Å². The largest absolute Gasteiger partial charge is 0.493 e. The van der Waals surface area contributed by atoms with Crippen molar-refractivity contribution in [2.24, 2.45) is 11.8 Å².